The van der Waals surface area contributed by atoms with Crippen molar-refractivity contribution in [1.29, 1.82) is 5.39 Å². The number of hydrogen-bond acceptors (Lipinski definition) is 4. The molecule has 1 amide bonds. The number of para-hydroxylation sites is 1. The lowest BCUT2D eigenvalue weighted by Gasteiger charge is -2.13. The Hall–Kier alpha value is -2.78. The number of nitrogens with zero attached hydrogens (tertiary/aromatic N) is 2. The van der Waals surface area contributed by atoms with Crippen LogP contribution in [-0.2, 0) is 0 Å². The number of carbonyl (C=O) groups excluding carboxylic acids is 1. The van der Waals surface area contributed by atoms with Gasteiger partial charge in [0, 0.05) is 6.07 Å². The van der Waals surface area contributed by atoms with Crippen LogP contribution in [0.3, 0.4) is 0 Å². The molecule has 0 spiro atoms. The predicted octanol–water partition coefficient (Wildman–Crippen LogP) is 2.79. The third-order valence-electron chi connectivity index (χ3n) is 3.98. The summed E-state index contributed by atoms with van der Waals surface area (Å²) >= 11 is 0. The highest BCUT2D eigenvalue weighted by Gasteiger charge is 2.19. The number of ether oxygens (including phenoxy) is 2. The maximum absolute atomic E-state index is 12.8. The molecule has 0 aliphatic rings. The second-order valence-corrected chi connectivity index (χ2v) is 6.13. The molecule has 2 aromatic carbocycles. The summed E-state index contributed by atoms with van der Waals surface area (Å²) in [6.45, 7) is 5.31. The monoisotopic (exact) mass is 403 g/mol. The summed E-state index contributed by atoms with van der Waals surface area (Å²) in [6, 6.07) is 12.0. The number of hydrogen-bond donors (Lipinski definition) is 1. The first kappa shape index (κ1) is 23.3. The van der Waals surface area contributed by atoms with Gasteiger partial charge in [0.1, 0.15) is 17.2 Å². The van der Waals surface area contributed by atoms with E-state index >= 15 is 0 Å². The van der Waals surface area contributed by atoms with Gasteiger partial charge in [-0.2, -0.15) is 0 Å². The molecule has 0 fully saturated rings. The van der Waals surface area contributed by atoms with Crippen LogP contribution < -0.4 is 27.2 Å². The number of unbranched alkanes of at least 4 members (excludes halogenated alkanes) is 2. The number of halogens is 1. The maximum atomic E-state index is 12.8. The summed E-state index contributed by atoms with van der Waals surface area (Å²) in [4.78, 5) is 16.0. The SMILES string of the molecule is CCCCOc1ccc(OCCCC)c(C(=O)Nc2ccccc2[N+]#N)c1.[Cl-]. The smallest absolute Gasteiger partial charge is 0.408 e. The molecule has 28 heavy (non-hydrogen) atoms. The fourth-order valence-corrected chi connectivity index (χ4v) is 2.42. The van der Waals surface area contributed by atoms with E-state index in [2.05, 4.69) is 24.1 Å². The van der Waals surface area contributed by atoms with Crippen molar-refractivity contribution in [3.05, 3.63) is 53.0 Å². The molecule has 6 nitrogen and oxygen atoms in total. The number of carbonyl (C=O) groups is 1. The van der Waals surface area contributed by atoms with Crippen molar-refractivity contribution in [2.24, 2.45) is 0 Å². The van der Waals surface area contributed by atoms with Crippen LogP contribution in [0.4, 0.5) is 11.4 Å². The summed E-state index contributed by atoms with van der Waals surface area (Å²) in [5.74, 6) is 0.775. The maximum Gasteiger partial charge on any atom is 0.408 e. The highest BCUT2D eigenvalue weighted by atomic mass is 35.5. The molecular weight excluding hydrogens is 378 g/mol. The Kier molecular flexibility index (Phi) is 10.4. The van der Waals surface area contributed by atoms with Crippen molar-refractivity contribution in [2.75, 3.05) is 18.5 Å². The fraction of sp³-hybridized carbons (Fsp3) is 0.381. The van der Waals surface area contributed by atoms with E-state index in [4.69, 9.17) is 14.9 Å². The van der Waals surface area contributed by atoms with Gasteiger partial charge in [0.2, 0.25) is 5.39 Å². The van der Waals surface area contributed by atoms with E-state index in [-0.39, 0.29) is 24.0 Å². The van der Waals surface area contributed by atoms with E-state index in [1.54, 1.807) is 36.4 Å². The number of diazo groups is 1. The first-order valence-corrected chi connectivity index (χ1v) is 9.34. The third-order valence-corrected chi connectivity index (χ3v) is 3.98. The summed E-state index contributed by atoms with van der Waals surface area (Å²) < 4.78 is 11.5. The minimum atomic E-state index is -0.349. The van der Waals surface area contributed by atoms with E-state index < -0.39 is 0 Å². The first-order chi connectivity index (χ1) is 13.2. The zero-order valence-corrected chi connectivity index (χ0v) is 17.0. The van der Waals surface area contributed by atoms with E-state index in [0.29, 0.717) is 36.0 Å². The molecule has 150 valence electrons. The molecule has 0 saturated carbocycles. The lowest BCUT2D eigenvalue weighted by atomic mass is 10.1. The lowest BCUT2D eigenvalue weighted by Crippen LogP contribution is -3.00. The van der Waals surface area contributed by atoms with E-state index in [9.17, 15) is 4.79 Å². The molecule has 7 heteroatoms. The Morgan fingerprint density at radius 1 is 1.04 bits per heavy atom. The van der Waals surface area contributed by atoms with Gasteiger partial charge in [0.15, 0.2) is 4.98 Å². The van der Waals surface area contributed by atoms with Gasteiger partial charge >= 0.3 is 5.69 Å². The van der Waals surface area contributed by atoms with Gasteiger partial charge in [-0.25, -0.2) is 0 Å². The molecule has 0 unspecified atom stereocenters. The molecule has 0 aromatic heterocycles. The van der Waals surface area contributed by atoms with Crippen LogP contribution in [0, 0.1) is 5.39 Å². The Labute approximate surface area is 172 Å². The minimum Gasteiger partial charge on any atom is -1.00 e. The Morgan fingerprint density at radius 3 is 2.39 bits per heavy atom. The number of benzene rings is 2. The molecule has 2 rings (SSSR count). The highest BCUT2D eigenvalue weighted by Crippen LogP contribution is 2.29. The summed E-state index contributed by atoms with van der Waals surface area (Å²) in [5.41, 5.74) is 1.09. The average Bonchev–Trinajstić information content (AvgIpc) is 2.69. The highest BCUT2D eigenvalue weighted by molar-refractivity contribution is 6.07. The van der Waals surface area contributed by atoms with Crippen LogP contribution in [0.15, 0.2) is 42.5 Å². The van der Waals surface area contributed by atoms with Crippen molar-refractivity contribution in [2.45, 2.75) is 39.5 Å². The van der Waals surface area contributed by atoms with Crippen LogP contribution >= 0.6 is 0 Å². The quantitative estimate of drug-likeness (QED) is 0.489. The largest absolute Gasteiger partial charge is 1.00 e. The summed E-state index contributed by atoms with van der Waals surface area (Å²) in [7, 11) is 0. The topological polar surface area (TPSA) is 75.7 Å². The van der Waals surface area contributed by atoms with Crippen LogP contribution in [0.1, 0.15) is 49.9 Å². The van der Waals surface area contributed by atoms with Crippen LogP contribution in [0.2, 0.25) is 0 Å². The standard InChI is InChI=1S/C21H25N3O3.ClH/c1-3-5-13-26-16-11-12-20(27-14-6-4-2)17(15-16)21(25)23-18-9-7-8-10-19(18)24-22;/h7-12,15H,3-6,13-14H2,1-2H3;1H. The van der Waals surface area contributed by atoms with Crippen LogP contribution in [0.25, 0.3) is 4.98 Å². The fourth-order valence-electron chi connectivity index (χ4n) is 2.42. The van der Waals surface area contributed by atoms with Gasteiger partial charge < -0.3 is 27.2 Å². The summed E-state index contributed by atoms with van der Waals surface area (Å²) in [5, 5.41) is 11.9. The number of nitrogens with one attached hydrogen (secondary N) is 1. The molecule has 0 bridgehead atoms. The van der Waals surface area contributed by atoms with E-state index in [1.807, 2.05) is 6.07 Å². The van der Waals surface area contributed by atoms with Crippen molar-refractivity contribution >= 4 is 17.3 Å². The van der Waals surface area contributed by atoms with Gasteiger partial charge in [-0.15, -0.1) is 0 Å². The summed E-state index contributed by atoms with van der Waals surface area (Å²) in [6.07, 6.45) is 3.89. The van der Waals surface area contributed by atoms with Crippen molar-refractivity contribution in [3.63, 3.8) is 0 Å². The molecule has 0 atom stereocenters. The van der Waals surface area contributed by atoms with Crippen LogP contribution in [-0.4, -0.2) is 19.1 Å². The van der Waals surface area contributed by atoms with Gasteiger partial charge in [-0.3, -0.25) is 4.79 Å². The number of amides is 1. The molecule has 0 saturated heterocycles. The predicted molar refractivity (Wildman–Crippen MR) is 106 cm³/mol. The van der Waals surface area contributed by atoms with E-state index in [0.717, 1.165) is 25.7 Å². The van der Waals surface area contributed by atoms with Crippen LogP contribution in [0.5, 0.6) is 11.5 Å². The number of rotatable bonds is 10. The molecule has 0 aliphatic heterocycles. The van der Waals surface area contributed by atoms with Gasteiger partial charge in [0.25, 0.3) is 5.91 Å². The molecule has 0 radical (unpaired) electrons. The first-order valence-electron chi connectivity index (χ1n) is 9.34. The lowest BCUT2D eigenvalue weighted by molar-refractivity contribution is -0.0000146. The number of anilines is 1. The Morgan fingerprint density at radius 2 is 1.71 bits per heavy atom. The van der Waals surface area contributed by atoms with Gasteiger partial charge in [-0.1, -0.05) is 38.8 Å². The molecule has 1 N–H and O–H groups in total. The zero-order chi connectivity index (χ0) is 19.5. The second-order valence-electron chi connectivity index (χ2n) is 6.13. The Bertz CT molecular complexity index is 806. The minimum absolute atomic E-state index is 0. The van der Waals surface area contributed by atoms with Crippen molar-refractivity contribution in [1.82, 2.24) is 0 Å². The average molecular weight is 404 g/mol. The molecule has 2 aromatic rings. The zero-order valence-electron chi connectivity index (χ0n) is 16.3. The van der Waals surface area contributed by atoms with Gasteiger partial charge in [-0.05, 0) is 37.1 Å². The molecule has 0 heterocycles. The molecule has 0 aliphatic carbocycles. The second kappa shape index (κ2) is 12.6. The van der Waals surface area contributed by atoms with Gasteiger partial charge in [0.05, 0.1) is 18.8 Å². The Balaban J connectivity index is 0.00000392. The normalized spacial score (nSPS) is 9.75. The molecular formula is C21H26ClN3O3. The van der Waals surface area contributed by atoms with Crippen molar-refractivity contribution < 1.29 is 26.7 Å². The third kappa shape index (κ3) is 6.75. The van der Waals surface area contributed by atoms with Crippen molar-refractivity contribution in [3.8, 4) is 11.5 Å². The van der Waals surface area contributed by atoms with E-state index in [1.165, 1.54) is 0 Å².